The van der Waals surface area contributed by atoms with Crippen LogP contribution in [0.25, 0.3) is 11.2 Å². The lowest BCUT2D eigenvalue weighted by Gasteiger charge is -2.02. The minimum atomic E-state index is -0.201. The molecule has 0 aliphatic rings. The van der Waals surface area contributed by atoms with Gasteiger partial charge in [-0.15, -0.1) is 0 Å². The number of nitrogens with zero attached hydrogens (tertiary/aromatic N) is 4. The Morgan fingerprint density at radius 1 is 1.45 bits per heavy atom. The fourth-order valence-electron chi connectivity index (χ4n) is 2.25. The number of fused-ring (bicyclic) bond motifs is 1. The van der Waals surface area contributed by atoms with Crippen molar-refractivity contribution < 1.29 is 9.21 Å². The van der Waals surface area contributed by atoms with Gasteiger partial charge in [-0.3, -0.25) is 9.48 Å². The van der Waals surface area contributed by atoms with Crippen molar-refractivity contribution in [2.24, 2.45) is 7.05 Å². The van der Waals surface area contributed by atoms with Gasteiger partial charge in [0, 0.05) is 13.2 Å². The molecule has 0 radical (unpaired) electrons. The molecule has 0 aliphatic carbocycles. The number of carbonyl (C=O) groups excluding carboxylic acids is 1. The molecular formula is C15H17N5O2. The first-order chi connectivity index (χ1) is 10.7. The first-order valence-corrected chi connectivity index (χ1v) is 7.19. The second kappa shape index (κ2) is 5.97. The number of aromatic nitrogens is 4. The van der Waals surface area contributed by atoms with Crippen molar-refractivity contribution in [1.82, 2.24) is 25.1 Å². The Kier molecular flexibility index (Phi) is 3.86. The van der Waals surface area contributed by atoms with Gasteiger partial charge in [0.15, 0.2) is 11.2 Å². The Morgan fingerprint density at radius 3 is 3.09 bits per heavy atom. The van der Waals surface area contributed by atoms with Crippen LogP contribution in [-0.2, 0) is 20.0 Å². The van der Waals surface area contributed by atoms with Crippen LogP contribution < -0.4 is 5.32 Å². The molecule has 114 valence electrons. The van der Waals surface area contributed by atoms with Crippen molar-refractivity contribution in [3.63, 3.8) is 0 Å². The van der Waals surface area contributed by atoms with Gasteiger partial charge in [0.2, 0.25) is 5.89 Å². The number of rotatable bonds is 5. The highest BCUT2D eigenvalue weighted by atomic mass is 16.3. The van der Waals surface area contributed by atoms with Gasteiger partial charge in [-0.05, 0) is 24.6 Å². The molecule has 3 heterocycles. The number of carbonyl (C=O) groups is 1. The van der Waals surface area contributed by atoms with Gasteiger partial charge in [0.25, 0.3) is 5.91 Å². The molecule has 22 heavy (non-hydrogen) atoms. The van der Waals surface area contributed by atoms with Gasteiger partial charge in [-0.25, -0.2) is 4.98 Å². The first-order valence-electron chi connectivity index (χ1n) is 7.19. The maximum Gasteiger partial charge on any atom is 0.269 e. The van der Waals surface area contributed by atoms with E-state index in [2.05, 4.69) is 27.3 Å². The van der Waals surface area contributed by atoms with E-state index in [1.807, 2.05) is 6.07 Å². The third-order valence-electron chi connectivity index (χ3n) is 3.28. The van der Waals surface area contributed by atoms with Crippen molar-refractivity contribution in [3.8, 4) is 0 Å². The van der Waals surface area contributed by atoms with Crippen LogP contribution >= 0.6 is 0 Å². The molecule has 0 spiro atoms. The highest BCUT2D eigenvalue weighted by Gasteiger charge is 2.14. The summed E-state index contributed by atoms with van der Waals surface area (Å²) < 4.78 is 7.11. The molecule has 3 aromatic heterocycles. The lowest BCUT2D eigenvalue weighted by molar-refractivity contribution is 0.0938. The number of aryl methyl sites for hydroxylation is 2. The molecule has 0 aliphatic heterocycles. The average Bonchev–Trinajstić information content (AvgIpc) is 3.08. The predicted molar refractivity (Wildman–Crippen MR) is 80.2 cm³/mol. The number of nitrogens with one attached hydrogen (secondary N) is 1. The molecule has 1 N–H and O–H groups in total. The van der Waals surface area contributed by atoms with E-state index >= 15 is 0 Å². The number of hydrogen-bond acceptors (Lipinski definition) is 5. The summed E-state index contributed by atoms with van der Waals surface area (Å²) in [6, 6.07) is 5.38. The topological polar surface area (TPSA) is 85.8 Å². The van der Waals surface area contributed by atoms with Gasteiger partial charge >= 0.3 is 0 Å². The summed E-state index contributed by atoms with van der Waals surface area (Å²) in [4.78, 5) is 20.5. The van der Waals surface area contributed by atoms with E-state index in [0.29, 0.717) is 22.8 Å². The molecule has 7 nitrogen and oxygen atoms in total. The SMILES string of the molecule is CCCc1cc(C(=O)NCc2nc3ncccc3o2)n(C)n1. The summed E-state index contributed by atoms with van der Waals surface area (Å²) in [6.45, 7) is 2.29. The van der Waals surface area contributed by atoms with Gasteiger partial charge in [-0.2, -0.15) is 10.1 Å². The molecule has 0 aromatic carbocycles. The highest BCUT2D eigenvalue weighted by molar-refractivity contribution is 5.92. The highest BCUT2D eigenvalue weighted by Crippen LogP contribution is 2.12. The van der Waals surface area contributed by atoms with Crippen molar-refractivity contribution >= 4 is 17.1 Å². The van der Waals surface area contributed by atoms with E-state index in [9.17, 15) is 4.79 Å². The van der Waals surface area contributed by atoms with Gasteiger partial charge < -0.3 is 9.73 Å². The Bertz CT molecular complexity index is 772. The normalized spacial score (nSPS) is 11.0. The van der Waals surface area contributed by atoms with Gasteiger partial charge in [0.1, 0.15) is 5.69 Å². The van der Waals surface area contributed by atoms with Crippen LogP contribution in [0.2, 0.25) is 0 Å². The maximum absolute atomic E-state index is 12.2. The van der Waals surface area contributed by atoms with Crippen molar-refractivity contribution in [2.75, 3.05) is 0 Å². The standard InChI is InChI=1S/C15H17N5O2/c1-3-5-10-8-11(20(2)19-10)15(21)17-9-13-18-14-12(22-13)6-4-7-16-14/h4,6-8H,3,5,9H2,1-2H3,(H,17,21). The molecule has 7 heteroatoms. The van der Waals surface area contributed by atoms with Crippen LogP contribution in [0.1, 0.15) is 35.4 Å². The minimum Gasteiger partial charge on any atom is -0.437 e. The van der Waals surface area contributed by atoms with Crippen LogP contribution in [0.15, 0.2) is 28.8 Å². The molecule has 0 atom stereocenters. The molecule has 1 amide bonds. The predicted octanol–water partition coefficient (Wildman–Crippen LogP) is 1.84. The van der Waals surface area contributed by atoms with Crippen LogP contribution in [0.5, 0.6) is 0 Å². The third-order valence-corrected chi connectivity index (χ3v) is 3.28. The summed E-state index contributed by atoms with van der Waals surface area (Å²) >= 11 is 0. The van der Waals surface area contributed by atoms with Crippen LogP contribution in [0.3, 0.4) is 0 Å². The monoisotopic (exact) mass is 299 g/mol. The Hall–Kier alpha value is -2.70. The summed E-state index contributed by atoms with van der Waals surface area (Å²) in [5.41, 5.74) is 2.59. The number of oxazole rings is 1. The molecule has 0 saturated heterocycles. The number of pyridine rings is 1. The zero-order valence-electron chi connectivity index (χ0n) is 12.5. The zero-order chi connectivity index (χ0) is 15.5. The van der Waals surface area contributed by atoms with Gasteiger partial charge in [0.05, 0.1) is 12.2 Å². The smallest absolute Gasteiger partial charge is 0.269 e. The van der Waals surface area contributed by atoms with E-state index in [1.165, 1.54) is 0 Å². The summed E-state index contributed by atoms with van der Waals surface area (Å²) in [7, 11) is 1.76. The summed E-state index contributed by atoms with van der Waals surface area (Å²) in [6.07, 6.45) is 3.50. The Morgan fingerprint density at radius 2 is 2.32 bits per heavy atom. The molecule has 3 aromatic rings. The molecular weight excluding hydrogens is 282 g/mol. The van der Waals surface area contributed by atoms with Crippen LogP contribution in [0, 0.1) is 0 Å². The summed E-state index contributed by atoms with van der Waals surface area (Å²) in [5, 5.41) is 7.11. The van der Waals surface area contributed by atoms with Crippen LogP contribution in [-0.4, -0.2) is 25.7 Å². The zero-order valence-corrected chi connectivity index (χ0v) is 12.5. The lowest BCUT2D eigenvalue weighted by Crippen LogP contribution is -2.25. The van der Waals surface area contributed by atoms with Crippen molar-refractivity contribution in [3.05, 3.63) is 41.7 Å². The quantitative estimate of drug-likeness (QED) is 0.777. The van der Waals surface area contributed by atoms with Crippen molar-refractivity contribution in [2.45, 2.75) is 26.3 Å². The maximum atomic E-state index is 12.2. The van der Waals surface area contributed by atoms with Crippen LogP contribution in [0.4, 0.5) is 0 Å². The third kappa shape index (κ3) is 2.83. The molecule has 0 saturated carbocycles. The van der Waals surface area contributed by atoms with E-state index in [4.69, 9.17) is 4.42 Å². The average molecular weight is 299 g/mol. The molecule has 0 unspecified atom stereocenters. The second-order valence-electron chi connectivity index (χ2n) is 5.01. The Balaban J connectivity index is 1.69. The minimum absolute atomic E-state index is 0.201. The second-order valence-corrected chi connectivity index (χ2v) is 5.01. The summed E-state index contributed by atoms with van der Waals surface area (Å²) in [5.74, 6) is 0.227. The molecule has 3 rings (SSSR count). The molecule has 0 fully saturated rings. The van der Waals surface area contributed by atoms with Gasteiger partial charge in [-0.1, -0.05) is 13.3 Å². The first kappa shape index (κ1) is 14.2. The molecule has 0 bridgehead atoms. The van der Waals surface area contributed by atoms with Crippen molar-refractivity contribution in [1.29, 1.82) is 0 Å². The van der Waals surface area contributed by atoms with E-state index in [-0.39, 0.29) is 12.5 Å². The largest absolute Gasteiger partial charge is 0.437 e. The van der Waals surface area contributed by atoms with E-state index in [0.717, 1.165) is 18.5 Å². The van der Waals surface area contributed by atoms with E-state index in [1.54, 1.807) is 30.1 Å². The lowest BCUT2D eigenvalue weighted by atomic mass is 10.2. The fourth-order valence-corrected chi connectivity index (χ4v) is 2.25. The number of hydrogen-bond donors (Lipinski definition) is 1. The fraction of sp³-hybridized carbons (Fsp3) is 0.333. The Labute approximate surface area is 127 Å². The van der Waals surface area contributed by atoms with E-state index < -0.39 is 0 Å². The number of amides is 1.